The maximum absolute atomic E-state index is 10.9. The molecule has 0 aliphatic carbocycles. The van der Waals surface area contributed by atoms with Crippen molar-refractivity contribution in [3.05, 3.63) is 41.3 Å². The normalized spacial score (nSPS) is 10.3. The standard InChI is InChI=1S/C12H13N3O3/c1-8-10(12(16)17)6-14-15(8)7-9-4-3-5-13-11(9)18-2/h3-6H,7H2,1-2H3,(H,16,17). The molecular weight excluding hydrogens is 234 g/mol. The molecule has 2 aromatic rings. The van der Waals surface area contributed by atoms with Gasteiger partial charge in [0.05, 0.1) is 25.5 Å². The molecule has 0 bridgehead atoms. The first kappa shape index (κ1) is 12.1. The lowest BCUT2D eigenvalue weighted by Crippen LogP contribution is -2.07. The second kappa shape index (κ2) is 4.87. The molecule has 0 amide bonds. The second-order valence-electron chi connectivity index (χ2n) is 3.78. The van der Waals surface area contributed by atoms with Gasteiger partial charge in [-0.1, -0.05) is 6.07 Å². The van der Waals surface area contributed by atoms with Crippen LogP contribution in [0.4, 0.5) is 0 Å². The summed E-state index contributed by atoms with van der Waals surface area (Å²) in [5, 5.41) is 13.0. The van der Waals surface area contributed by atoms with Gasteiger partial charge in [-0.3, -0.25) is 4.68 Å². The average molecular weight is 247 g/mol. The third-order valence-electron chi connectivity index (χ3n) is 2.70. The van der Waals surface area contributed by atoms with E-state index < -0.39 is 5.97 Å². The Labute approximate surface area is 104 Å². The van der Waals surface area contributed by atoms with Crippen LogP contribution in [0.1, 0.15) is 21.6 Å². The lowest BCUT2D eigenvalue weighted by Gasteiger charge is -2.08. The fourth-order valence-electron chi connectivity index (χ4n) is 1.71. The number of aromatic carboxylic acids is 1. The lowest BCUT2D eigenvalue weighted by molar-refractivity contribution is 0.0696. The average Bonchev–Trinajstić information content (AvgIpc) is 2.72. The van der Waals surface area contributed by atoms with E-state index in [1.165, 1.54) is 6.20 Å². The van der Waals surface area contributed by atoms with Crippen molar-refractivity contribution in [3.8, 4) is 5.88 Å². The molecule has 2 heterocycles. The molecule has 94 valence electrons. The Morgan fingerprint density at radius 3 is 2.94 bits per heavy atom. The van der Waals surface area contributed by atoms with Crippen molar-refractivity contribution in [1.29, 1.82) is 0 Å². The Balaban J connectivity index is 2.32. The molecule has 2 aromatic heterocycles. The third-order valence-corrected chi connectivity index (χ3v) is 2.70. The van der Waals surface area contributed by atoms with E-state index in [2.05, 4.69) is 10.1 Å². The molecule has 0 atom stereocenters. The molecule has 0 spiro atoms. The van der Waals surface area contributed by atoms with Gasteiger partial charge < -0.3 is 9.84 Å². The first-order valence-corrected chi connectivity index (χ1v) is 5.37. The number of carboxylic acids is 1. The predicted molar refractivity (Wildman–Crippen MR) is 63.8 cm³/mol. The van der Waals surface area contributed by atoms with Crippen molar-refractivity contribution < 1.29 is 14.6 Å². The number of ether oxygens (including phenoxy) is 1. The highest BCUT2D eigenvalue weighted by Crippen LogP contribution is 2.16. The third kappa shape index (κ3) is 2.17. The van der Waals surface area contributed by atoms with Gasteiger partial charge in [0, 0.05) is 11.8 Å². The van der Waals surface area contributed by atoms with Crippen molar-refractivity contribution in [1.82, 2.24) is 14.8 Å². The van der Waals surface area contributed by atoms with E-state index in [0.29, 0.717) is 18.1 Å². The maximum atomic E-state index is 10.9. The number of pyridine rings is 1. The van der Waals surface area contributed by atoms with Crippen LogP contribution >= 0.6 is 0 Å². The molecule has 0 aromatic carbocycles. The Kier molecular flexibility index (Phi) is 3.27. The van der Waals surface area contributed by atoms with Gasteiger partial charge in [0.25, 0.3) is 0 Å². The van der Waals surface area contributed by atoms with Gasteiger partial charge >= 0.3 is 5.97 Å². The van der Waals surface area contributed by atoms with Crippen LogP contribution in [-0.2, 0) is 6.54 Å². The monoisotopic (exact) mass is 247 g/mol. The quantitative estimate of drug-likeness (QED) is 0.882. The summed E-state index contributed by atoms with van der Waals surface area (Å²) in [4.78, 5) is 15.0. The Hall–Kier alpha value is -2.37. The number of aromatic nitrogens is 3. The highest BCUT2D eigenvalue weighted by Gasteiger charge is 2.14. The molecule has 6 nitrogen and oxygen atoms in total. The number of hydrogen-bond acceptors (Lipinski definition) is 4. The summed E-state index contributed by atoms with van der Waals surface area (Å²) < 4.78 is 6.76. The first-order chi connectivity index (χ1) is 8.63. The van der Waals surface area contributed by atoms with Gasteiger partial charge in [0.1, 0.15) is 5.56 Å². The zero-order chi connectivity index (χ0) is 13.1. The fourth-order valence-corrected chi connectivity index (χ4v) is 1.71. The summed E-state index contributed by atoms with van der Waals surface area (Å²) in [6.45, 7) is 2.15. The second-order valence-corrected chi connectivity index (χ2v) is 3.78. The molecule has 0 unspecified atom stereocenters. The molecule has 0 fully saturated rings. The molecule has 0 saturated carbocycles. The van der Waals surface area contributed by atoms with Gasteiger partial charge in [-0.15, -0.1) is 0 Å². The maximum Gasteiger partial charge on any atom is 0.339 e. The van der Waals surface area contributed by atoms with Gasteiger partial charge in [-0.25, -0.2) is 9.78 Å². The first-order valence-electron chi connectivity index (χ1n) is 5.37. The number of hydrogen-bond donors (Lipinski definition) is 1. The summed E-state index contributed by atoms with van der Waals surface area (Å²) in [7, 11) is 1.55. The molecule has 0 aliphatic heterocycles. The Morgan fingerprint density at radius 2 is 2.33 bits per heavy atom. The molecule has 18 heavy (non-hydrogen) atoms. The van der Waals surface area contributed by atoms with Crippen LogP contribution in [0.2, 0.25) is 0 Å². The minimum atomic E-state index is -0.975. The molecule has 1 N–H and O–H groups in total. The van der Waals surface area contributed by atoms with E-state index in [1.54, 1.807) is 31.0 Å². The largest absolute Gasteiger partial charge is 0.481 e. The van der Waals surface area contributed by atoms with Crippen molar-refractivity contribution in [2.45, 2.75) is 13.5 Å². The molecule has 0 aliphatic rings. The van der Waals surface area contributed by atoms with Crippen LogP contribution in [0.15, 0.2) is 24.5 Å². The van der Waals surface area contributed by atoms with Crippen molar-refractivity contribution in [2.75, 3.05) is 7.11 Å². The summed E-state index contributed by atoms with van der Waals surface area (Å²) in [6, 6.07) is 3.67. The van der Waals surface area contributed by atoms with E-state index in [0.717, 1.165) is 5.56 Å². The van der Waals surface area contributed by atoms with Crippen LogP contribution in [-0.4, -0.2) is 33.0 Å². The predicted octanol–water partition coefficient (Wildman–Crippen LogP) is 1.34. The lowest BCUT2D eigenvalue weighted by atomic mass is 10.2. The summed E-state index contributed by atoms with van der Waals surface area (Å²) in [5.74, 6) is -0.457. The van der Waals surface area contributed by atoms with E-state index in [4.69, 9.17) is 9.84 Å². The zero-order valence-electron chi connectivity index (χ0n) is 10.1. The number of carboxylic acid groups (broad SMARTS) is 1. The number of carbonyl (C=O) groups is 1. The van der Waals surface area contributed by atoms with Crippen LogP contribution < -0.4 is 4.74 Å². The van der Waals surface area contributed by atoms with Crippen LogP contribution in [0.5, 0.6) is 5.88 Å². The van der Waals surface area contributed by atoms with Crippen LogP contribution in [0.3, 0.4) is 0 Å². The summed E-state index contributed by atoms with van der Waals surface area (Å²) >= 11 is 0. The minimum absolute atomic E-state index is 0.206. The number of methoxy groups -OCH3 is 1. The van der Waals surface area contributed by atoms with Crippen molar-refractivity contribution in [3.63, 3.8) is 0 Å². The smallest absolute Gasteiger partial charge is 0.339 e. The van der Waals surface area contributed by atoms with E-state index >= 15 is 0 Å². The van der Waals surface area contributed by atoms with E-state index in [1.807, 2.05) is 6.07 Å². The Morgan fingerprint density at radius 1 is 1.56 bits per heavy atom. The minimum Gasteiger partial charge on any atom is -0.481 e. The van der Waals surface area contributed by atoms with Crippen molar-refractivity contribution in [2.24, 2.45) is 0 Å². The fraction of sp³-hybridized carbons (Fsp3) is 0.250. The molecule has 0 radical (unpaired) electrons. The summed E-state index contributed by atoms with van der Waals surface area (Å²) in [5.41, 5.74) is 1.66. The van der Waals surface area contributed by atoms with Crippen LogP contribution in [0.25, 0.3) is 0 Å². The highest BCUT2D eigenvalue weighted by atomic mass is 16.5. The highest BCUT2D eigenvalue weighted by molar-refractivity contribution is 5.88. The zero-order valence-corrected chi connectivity index (χ0v) is 10.1. The van der Waals surface area contributed by atoms with Gasteiger partial charge in [-0.05, 0) is 13.0 Å². The molecule has 0 saturated heterocycles. The van der Waals surface area contributed by atoms with Crippen molar-refractivity contribution >= 4 is 5.97 Å². The van der Waals surface area contributed by atoms with Gasteiger partial charge in [0.2, 0.25) is 5.88 Å². The molecule has 2 rings (SSSR count). The van der Waals surface area contributed by atoms with E-state index in [-0.39, 0.29) is 5.56 Å². The van der Waals surface area contributed by atoms with Crippen LogP contribution in [0, 0.1) is 6.92 Å². The summed E-state index contributed by atoms with van der Waals surface area (Å²) in [6.07, 6.45) is 2.99. The Bertz CT molecular complexity index is 578. The number of nitrogens with zero attached hydrogens (tertiary/aromatic N) is 3. The topological polar surface area (TPSA) is 77.2 Å². The van der Waals surface area contributed by atoms with E-state index in [9.17, 15) is 4.79 Å². The number of rotatable bonds is 4. The molecule has 6 heteroatoms. The van der Waals surface area contributed by atoms with Gasteiger partial charge in [0.15, 0.2) is 0 Å². The van der Waals surface area contributed by atoms with Gasteiger partial charge in [-0.2, -0.15) is 5.10 Å². The SMILES string of the molecule is COc1ncccc1Cn1ncc(C(=O)O)c1C. The molecular formula is C12H13N3O3.